The largest absolute Gasteiger partial charge is 0.336 e. The van der Waals surface area contributed by atoms with Crippen LogP contribution in [-0.4, -0.2) is 27.5 Å². The third-order valence-corrected chi connectivity index (χ3v) is 3.82. The van der Waals surface area contributed by atoms with E-state index in [4.69, 9.17) is 11.6 Å². The molecule has 1 aliphatic rings. The lowest BCUT2D eigenvalue weighted by molar-refractivity contribution is -0.131. The molecule has 0 radical (unpaired) electrons. The van der Waals surface area contributed by atoms with Gasteiger partial charge in [-0.25, -0.2) is 0 Å². The molecule has 1 aromatic heterocycles. The second kappa shape index (κ2) is 5.17. The fourth-order valence-electron chi connectivity index (χ4n) is 2.44. The van der Waals surface area contributed by atoms with Crippen LogP contribution in [0.2, 0.25) is 5.02 Å². The Bertz CT molecular complexity index is 687. The Hall–Kier alpha value is -2.01. The lowest BCUT2D eigenvalue weighted by Gasteiger charge is -2.26. The zero-order valence-electron chi connectivity index (χ0n) is 10.8. The van der Waals surface area contributed by atoms with E-state index in [1.165, 1.54) is 0 Å². The van der Waals surface area contributed by atoms with Gasteiger partial charge in [0.1, 0.15) is 0 Å². The molecule has 6 heteroatoms. The first kappa shape index (κ1) is 13.0. The fourth-order valence-corrected chi connectivity index (χ4v) is 2.56. The normalized spacial score (nSPS) is 14.2. The quantitative estimate of drug-likeness (QED) is 0.880. The van der Waals surface area contributed by atoms with Crippen molar-refractivity contribution in [3.63, 3.8) is 0 Å². The smallest absolute Gasteiger partial charge is 0.267 e. The van der Waals surface area contributed by atoms with E-state index in [9.17, 15) is 9.59 Å². The van der Waals surface area contributed by atoms with Gasteiger partial charge < -0.3 is 10.00 Å². The van der Waals surface area contributed by atoms with Gasteiger partial charge in [-0.2, -0.15) is 0 Å². The standard InChI is InChI=1S/C14H14ClN3O2/c15-10-3-1-9(2-4-10)7-13(19)18-6-5-11-12(8-18)16-17-14(11)20/h1-4H,5-8H2,(H2,16,17,20). The molecule has 1 amide bonds. The highest BCUT2D eigenvalue weighted by Gasteiger charge is 2.23. The summed E-state index contributed by atoms with van der Waals surface area (Å²) in [4.78, 5) is 25.5. The molecule has 1 aliphatic heterocycles. The van der Waals surface area contributed by atoms with E-state index in [1.54, 1.807) is 17.0 Å². The molecule has 2 N–H and O–H groups in total. The molecule has 1 aromatic carbocycles. The first-order chi connectivity index (χ1) is 9.63. The Labute approximate surface area is 120 Å². The van der Waals surface area contributed by atoms with Gasteiger partial charge >= 0.3 is 0 Å². The molecule has 3 rings (SSSR count). The number of nitrogens with zero attached hydrogens (tertiary/aromatic N) is 1. The van der Waals surface area contributed by atoms with Crippen LogP contribution in [-0.2, 0) is 24.2 Å². The van der Waals surface area contributed by atoms with Gasteiger partial charge in [0.15, 0.2) is 0 Å². The van der Waals surface area contributed by atoms with Crippen molar-refractivity contribution in [2.24, 2.45) is 0 Å². The van der Waals surface area contributed by atoms with E-state index >= 15 is 0 Å². The van der Waals surface area contributed by atoms with Gasteiger partial charge in [0, 0.05) is 17.1 Å². The van der Waals surface area contributed by atoms with Crippen molar-refractivity contribution in [2.75, 3.05) is 6.54 Å². The topological polar surface area (TPSA) is 69.0 Å². The van der Waals surface area contributed by atoms with Crippen LogP contribution in [0.4, 0.5) is 0 Å². The molecule has 0 bridgehead atoms. The maximum Gasteiger partial charge on any atom is 0.267 e. The van der Waals surface area contributed by atoms with Gasteiger partial charge in [-0.1, -0.05) is 23.7 Å². The molecule has 0 saturated carbocycles. The summed E-state index contributed by atoms with van der Waals surface area (Å²) >= 11 is 5.82. The van der Waals surface area contributed by atoms with Gasteiger partial charge in [-0.15, -0.1) is 0 Å². The van der Waals surface area contributed by atoms with Crippen molar-refractivity contribution in [2.45, 2.75) is 19.4 Å². The monoisotopic (exact) mass is 291 g/mol. The number of carbonyl (C=O) groups is 1. The maximum atomic E-state index is 12.3. The summed E-state index contributed by atoms with van der Waals surface area (Å²) < 4.78 is 0. The maximum absolute atomic E-state index is 12.3. The number of nitrogens with one attached hydrogen (secondary N) is 2. The van der Waals surface area contributed by atoms with Gasteiger partial charge in [0.2, 0.25) is 5.91 Å². The number of hydrogen-bond acceptors (Lipinski definition) is 2. The van der Waals surface area contributed by atoms with Crippen molar-refractivity contribution in [1.82, 2.24) is 15.1 Å². The van der Waals surface area contributed by atoms with Gasteiger partial charge in [0.25, 0.3) is 5.56 Å². The van der Waals surface area contributed by atoms with Crippen LogP contribution in [0.15, 0.2) is 29.1 Å². The number of aromatic nitrogens is 2. The Balaban J connectivity index is 1.70. The summed E-state index contributed by atoms with van der Waals surface area (Å²) in [5.74, 6) is 0.0556. The highest BCUT2D eigenvalue weighted by atomic mass is 35.5. The lowest BCUT2D eigenvalue weighted by atomic mass is 10.1. The number of H-pyrrole nitrogens is 2. The third kappa shape index (κ3) is 2.49. The Morgan fingerprint density at radius 1 is 1.25 bits per heavy atom. The summed E-state index contributed by atoms with van der Waals surface area (Å²) in [6.45, 7) is 1.04. The molecule has 0 spiro atoms. The number of fused-ring (bicyclic) bond motifs is 1. The van der Waals surface area contributed by atoms with E-state index in [0.717, 1.165) is 16.8 Å². The Kier molecular flexibility index (Phi) is 3.36. The number of amides is 1. The lowest BCUT2D eigenvalue weighted by Crippen LogP contribution is -2.37. The number of benzene rings is 1. The van der Waals surface area contributed by atoms with Crippen LogP contribution >= 0.6 is 11.6 Å². The molecule has 104 valence electrons. The molecule has 0 aliphatic carbocycles. The number of halogens is 1. The van der Waals surface area contributed by atoms with Crippen LogP contribution in [0.5, 0.6) is 0 Å². The average molecular weight is 292 g/mol. The number of rotatable bonds is 2. The minimum absolute atomic E-state index is 0.0556. The minimum Gasteiger partial charge on any atom is -0.336 e. The summed E-state index contributed by atoms with van der Waals surface area (Å²) in [7, 11) is 0. The molecule has 0 unspecified atom stereocenters. The van der Waals surface area contributed by atoms with Crippen LogP contribution in [0, 0.1) is 0 Å². The van der Waals surface area contributed by atoms with Crippen molar-refractivity contribution in [3.8, 4) is 0 Å². The molecule has 20 heavy (non-hydrogen) atoms. The van der Waals surface area contributed by atoms with E-state index in [0.29, 0.717) is 31.0 Å². The second-order valence-corrected chi connectivity index (χ2v) is 5.34. The van der Waals surface area contributed by atoms with Gasteiger partial charge in [0.05, 0.1) is 18.7 Å². The molecular weight excluding hydrogens is 278 g/mol. The molecule has 2 aromatic rings. The van der Waals surface area contributed by atoms with Crippen molar-refractivity contribution < 1.29 is 4.79 Å². The number of hydrogen-bond donors (Lipinski definition) is 2. The second-order valence-electron chi connectivity index (χ2n) is 4.90. The van der Waals surface area contributed by atoms with E-state index in [-0.39, 0.29) is 11.5 Å². The molecule has 0 saturated heterocycles. The number of carbonyl (C=O) groups excluding carboxylic acids is 1. The third-order valence-electron chi connectivity index (χ3n) is 3.57. The average Bonchev–Trinajstić information content (AvgIpc) is 2.82. The molecule has 0 atom stereocenters. The van der Waals surface area contributed by atoms with Crippen LogP contribution in [0.1, 0.15) is 16.8 Å². The summed E-state index contributed by atoms with van der Waals surface area (Å²) in [6, 6.07) is 7.27. The summed E-state index contributed by atoms with van der Waals surface area (Å²) in [5.41, 5.74) is 2.43. The van der Waals surface area contributed by atoms with Gasteiger partial charge in [-0.3, -0.25) is 14.7 Å². The van der Waals surface area contributed by atoms with Crippen LogP contribution in [0.3, 0.4) is 0 Å². The zero-order chi connectivity index (χ0) is 14.1. The van der Waals surface area contributed by atoms with E-state index in [1.807, 2.05) is 12.1 Å². The van der Waals surface area contributed by atoms with Crippen molar-refractivity contribution >= 4 is 17.5 Å². The first-order valence-corrected chi connectivity index (χ1v) is 6.82. The fraction of sp³-hybridized carbons (Fsp3) is 0.286. The summed E-state index contributed by atoms with van der Waals surface area (Å²) in [5, 5.41) is 6.06. The van der Waals surface area contributed by atoms with Crippen LogP contribution in [0.25, 0.3) is 0 Å². The van der Waals surface area contributed by atoms with Crippen LogP contribution < -0.4 is 5.56 Å². The zero-order valence-corrected chi connectivity index (χ0v) is 11.5. The predicted molar refractivity (Wildman–Crippen MR) is 75.7 cm³/mol. The van der Waals surface area contributed by atoms with Gasteiger partial charge in [-0.05, 0) is 24.1 Å². The SMILES string of the molecule is O=C(Cc1ccc(Cl)cc1)N1CCc2c([nH][nH]c2=O)C1. The Morgan fingerprint density at radius 3 is 2.75 bits per heavy atom. The first-order valence-electron chi connectivity index (χ1n) is 6.44. The van der Waals surface area contributed by atoms with Crippen molar-refractivity contribution in [3.05, 3.63) is 56.5 Å². The highest BCUT2D eigenvalue weighted by Crippen LogP contribution is 2.15. The molecule has 2 heterocycles. The molecule has 5 nitrogen and oxygen atoms in total. The summed E-state index contributed by atoms with van der Waals surface area (Å²) in [6.07, 6.45) is 0.946. The highest BCUT2D eigenvalue weighted by molar-refractivity contribution is 6.30. The predicted octanol–water partition coefficient (Wildman–Crippen LogP) is 1.48. The Morgan fingerprint density at radius 2 is 2.00 bits per heavy atom. The molecular formula is C14H14ClN3O2. The van der Waals surface area contributed by atoms with E-state index in [2.05, 4.69) is 10.2 Å². The number of aromatic amines is 2. The van der Waals surface area contributed by atoms with E-state index < -0.39 is 0 Å². The minimum atomic E-state index is -0.0789. The molecule has 0 fully saturated rings. The van der Waals surface area contributed by atoms with Crippen molar-refractivity contribution in [1.29, 1.82) is 0 Å².